The lowest BCUT2D eigenvalue weighted by Gasteiger charge is -2.40. The Balaban J connectivity index is 1.75. The van der Waals surface area contributed by atoms with Crippen molar-refractivity contribution in [3.05, 3.63) is 64.1 Å². The van der Waals surface area contributed by atoms with E-state index in [0.717, 1.165) is 29.3 Å². The first kappa shape index (κ1) is 16.7. The van der Waals surface area contributed by atoms with E-state index in [4.69, 9.17) is 5.11 Å². The molecule has 4 nitrogen and oxygen atoms in total. The van der Waals surface area contributed by atoms with Gasteiger partial charge >= 0.3 is 5.97 Å². The fourth-order valence-corrected chi connectivity index (χ4v) is 3.34. The Morgan fingerprint density at radius 3 is 2.17 bits per heavy atom. The zero-order chi connectivity index (χ0) is 17.2. The molecule has 2 aromatic carbocycles. The van der Waals surface area contributed by atoms with E-state index < -0.39 is 11.4 Å². The number of hydrogen-bond acceptors (Lipinski definition) is 2. The first-order chi connectivity index (χ1) is 11.5. The molecule has 0 atom stereocenters. The number of anilines is 1. The molecule has 1 saturated carbocycles. The fourth-order valence-electron chi connectivity index (χ4n) is 3.08. The average molecular weight is 388 g/mol. The molecule has 0 aromatic heterocycles. The fraction of sp³-hybridized carbons (Fsp3) is 0.263. The van der Waals surface area contributed by atoms with E-state index in [1.165, 1.54) is 0 Å². The number of aliphatic carboxylic acids is 1. The molecule has 0 radical (unpaired) electrons. The van der Waals surface area contributed by atoms with Gasteiger partial charge in [0.1, 0.15) is 0 Å². The summed E-state index contributed by atoms with van der Waals surface area (Å²) >= 11 is 3.42. The zero-order valence-corrected chi connectivity index (χ0v) is 14.7. The van der Waals surface area contributed by atoms with Crippen molar-refractivity contribution in [2.45, 2.75) is 31.1 Å². The third-order valence-electron chi connectivity index (χ3n) is 4.61. The number of carbonyl (C=O) groups excluding carboxylic acids is 1. The molecule has 1 fully saturated rings. The van der Waals surface area contributed by atoms with Gasteiger partial charge < -0.3 is 10.4 Å². The van der Waals surface area contributed by atoms with Crippen molar-refractivity contribution in [1.29, 1.82) is 0 Å². The molecular formula is C19H18BrNO3. The number of carbonyl (C=O) groups is 2. The van der Waals surface area contributed by atoms with Gasteiger partial charge in [0.25, 0.3) is 0 Å². The van der Waals surface area contributed by atoms with E-state index in [0.29, 0.717) is 11.3 Å². The van der Waals surface area contributed by atoms with Gasteiger partial charge in [-0.05, 0) is 48.2 Å². The molecule has 0 aliphatic heterocycles. The van der Waals surface area contributed by atoms with Crippen LogP contribution in [-0.2, 0) is 21.4 Å². The van der Waals surface area contributed by atoms with Gasteiger partial charge in [0.05, 0.1) is 11.8 Å². The monoisotopic (exact) mass is 387 g/mol. The van der Waals surface area contributed by atoms with E-state index in [1.54, 1.807) is 24.3 Å². The maximum absolute atomic E-state index is 12.8. The van der Waals surface area contributed by atoms with Gasteiger partial charge in [0, 0.05) is 10.2 Å². The Morgan fingerprint density at radius 1 is 1.04 bits per heavy atom. The van der Waals surface area contributed by atoms with Crippen molar-refractivity contribution in [3.8, 4) is 0 Å². The highest BCUT2D eigenvalue weighted by Gasteiger charge is 2.45. The maximum Gasteiger partial charge on any atom is 0.307 e. The van der Waals surface area contributed by atoms with Crippen LogP contribution in [0.25, 0.3) is 0 Å². The van der Waals surface area contributed by atoms with Crippen molar-refractivity contribution in [1.82, 2.24) is 0 Å². The second-order valence-electron chi connectivity index (χ2n) is 6.16. The molecule has 1 aliphatic carbocycles. The number of carboxylic acid groups (broad SMARTS) is 1. The van der Waals surface area contributed by atoms with E-state index in [9.17, 15) is 9.59 Å². The number of halogens is 1. The lowest BCUT2D eigenvalue weighted by Crippen LogP contribution is -2.46. The molecule has 1 aliphatic rings. The summed E-state index contributed by atoms with van der Waals surface area (Å²) < 4.78 is 0.996. The molecule has 0 unspecified atom stereocenters. The summed E-state index contributed by atoms with van der Waals surface area (Å²) in [7, 11) is 0. The van der Waals surface area contributed by atoms with Crippen molar-refractivity contribution < 1.29 is 14.7 Å². The first-order valence-corrected chi connectivity index (χ1v) is 8.67. The highest BCUT2D eigenvalue weighted by molar-refractivity contribution is 9.10. The molecule has 0 saturated heterocycles. The van der Waals surface area contributed by atoms with E-state index >= 15 is 0 Å². The molecule has 24 heavy (non-hydrogen) atoms. The standard InChI is InChI=1S/C19H18BrNO3/c20-15-6-4-14(5-7-15)19(10-1-11-19)18(24)21-16-8-2-13(3-9-16)12-17(22)23/h2-9H,1,10-12H2,(H,21,24)(H,22,23). The van der Waals surface area contributed by atoms with Crippen LogP contribution in [0.15, 0.2) is 53.0 Å². The van der Waals surface area contributed by atoms with Crippen molar-refractivity contribution in [2.75, 3.05) is 5.32 Å². The first-order valence-electron chi connectivity index (χ1n) is 7.88. The summed E-state index contributed by atoms with van der Waals surface area (Å²) in [5.41, 5.74) is 1.99. The Hall–Kier alpha value is -2.14. The molecule has 0 spiro atoms. The summed E-state index contributed by atoms with van der Waals surface area (Å²) in [5.74, 6) is -0.863. The average Bonchev–Trinajstić information content (AvgIpc) is 2.49. The van der Waals surface area contributed by atoms with Gasteiger partial charge in [0.15, 0.2) is 0 Å². The number of amides is 1. The molecule has 0 heterocycles. The quantitative estimate of drug-likeness (QED) is 0.809. The number of nitrogens with one attached hydrogen (secondary N) is 1. The Kier molecular flexibility index (Phi) is 4.71. The Morgan fingerprint density at radius 2 is 1.67 bits per heavy atom. The third kappa shape index (κ3) is 3.36. The van der Waals surface area contributed by atoms with Crippen LogP contribution in [0.5, 0.6) is 0 Å². The number of hydrogen-bond donors (Lipinski definition) is 2. The highest BCUT2D eigenvalue weighted by atomic mass is 79.9. The number of carboxylic acids is 1. The number of rotatable bonds is 5. The summed E-state index contributed by atoms with van der Waals surface area (Å²) in [4.78, 5) is 23.6. The van der Waals surface area contributed by atoms with Crippen LogP contribution in [0, 0.1) is 0 Å². The summed E-state index contributed by atoms with van der Waals surface area (Å²) in [5, 5.41) is 11.8. The van der Waals surface area contributed by atoms with Crippen LogP contribution < -0.4 is 5.32 Å². The Labute approximate surface area is 149 Å². The molecule has 2 aromatic rings. The highest BCUT2D eigenvalue weighted by Crippen LogP contribution is 2.44. The van der Waals surface area contributed by atoms with Crippen molar-refractivity contribution in [2.24, 2.45) is 0 Å². The minimum absolute atomic E-state index is 0.00190. The van der Waals surface area contributed by atoms with Gasteiger partial charge in [-0.15, -0.1) is 0 Å². The van der Waals surface area contributed by atoms with E-state index in [1.807, 2.05) is 24.3 Å². The summed E-state index contributed by atoms with van der Waals surface area (Å²) in [6, 6.07) is 14.9. The van der Waals surface area contributed by atoms with Crippen molar-refractivity contribution in [3.63, 3.8) is 0 Å². The lowest BCUT2D eigenvalue weighted by molar-refractivity contribution is -0.136. The molecule has 124 valence electrons. The topological polar surface area (TPSA) is 66.4 Å². The molecule has 5 heteroatoms. The minimum Gasteiger partial charge on any atom is -0.481 e. The molecule has 0 bridgehead atoms. The SMILES string of the molecule is O=C(O)Cc1ccc(NC(=O)C2(c3ccc(Br)cc3)CCC2)cc1. The largest absolute Gasteiger partial charge is 0.481 e. The molecule has 1 amide bonds. The third-order valence-corrected chi connectivity index (χ3v) is 5.13. The predicted octanol–water partition coefficient (Wildman–Crippen LogP) is 4.14. The second-order valence-corrected chi connectivity index (χ2v) is 7.08. The minimum atomic E-state index is -0.865. The maximum atomic E-state index is 12.8. The Bertz CT molecular complexity index is 749. The summed E-state index contributed by atoms with van der Waals surface area (Å²) in [6.07, 6.45) is 2.72. The van der Waals surface area contributed by atoms with Crippen LogP contribution in [0.4, 0.5) is 5.69 Å². The molecular weight excluding hydrogens is 370 g/mol. The van der Waals surface area contributed by atoms with Gasteiger partial charge in [-0.25, -0.2) is 0 Å². The van der Waals surface area contributed by atoms with Gasteiger partial charge in [-0.3, -0.25) is 9.59 Å². The van der Waals surface area contributed by atoms with Gasteiger partial charge in [-0.1, -0.05) is 46.6 Å². The smallest absolute Gasteiger partial charge is 0.307 e. The molecule has 3 rings (SSSR count). The zero-order valence-electron chi connectivity index (χ0n) is 13.1. The van der Waals surface area contributed by atoms with Gasteiger partial charge in [0.2, 0.25) is 5.91 Å². The lowest BCUT2D eigenvalue weighted by atomic mass is 9.64. The van der Waals surface area contributed by atoms with Crippen LogP contribution >= 0.6 is 15.9 Å². The summed E-state index contributed by atoms with van der Waals surface area (Å²) in [6.45, 7) is 0. The van der Waals surface area contributed by atoms with Crippen LogP contribution in [0.3, 0.4) is 0 Å². The molecule has 2 N–H and O–H groups in total. The number of benzene rings is 2. The second kappa shape index (κ2) is 6.77. The normalized spacial score (nSPS) is 15.4. The van der Waals surface area contributed by atoms with E-state index in [2.05, 4.69) is 21.2 Å². The van der Waals surface area contributed by atoms with Crippen LogP contribution in [0.1, 0.15) is 30.4 Å². The van der Waals surface area contributed by atoms with Crippen LogP contribution in [-0.4, -0.2) is 17.0 Å². The van der Waals surface area contributed by atoms with Gasteiger partial charge in [-0.2, -0.15) is 0 Å². The predicted molar refractivity (Wildman–Crippen MR) is 96.1 cm³/mol. The van der Waals surface area contributed by atoms with E-state index in [-0.39, 0.29) is 12.3 Å². The van der Waals surface area contributed by atoms with Crippen molar-refractivity contribution >= 4 is 33.5 Å². The van der Waals surface area contributed by atoms with Crippen LogP contribution in [0.2, 0.25) is 0 Å².